The zero-order valence-corrected chi connectivity index (χ0v) is 22.5. The Morgan fingerprint density at radius 3 is 1.79 bits per heavy atom. The van der Waals surface area contributed by atoms with Crippen molar-refractivity contribution >= 4 is 32.7 Å². The van der Waals surface area contributed by atoms with Crippen LogP contribution in [-0.4, -0.2) is 0 Å². The highest BCUT2D eigenvalue weighted by Crippen LogP contribution is 2.38. The minimum Gasteiger partial charge on any atom is -0.399 e. The van der Waals surface area contributed by atoms with E-state index in [2.05, 4.69) is 142 Å². The van der Waals surface area contributed by atoms with Crippen molar-refractivity contribution in [3.8, 4) is 0 Å². The molecule has 2 N–H and O–H groups in total. The second kappa shape index (κ2) is 11.4. The minimum atomic E-state index is 0.749. The Morgan fingerprint density at radius 1 is 0.684 bits per heavy atom. The maximum atomic E-state index is 6.45. The lowest BCUT2D eigenvalue weighted by atomic mass is 9.84. The summed E-state index contributed by atoms with van der Waals surface area (Å²) in [5.74, 6) is 0. The smallest absolute Gasteiger partial charge is 0.0273 e. The van der Waals surface area contributed by atoms with Gasteiger partial charge in [0.05, 0.1) is 0 Å². The molecular formula is C37H35N. The van der Waals surface area contributed by atoms with Gasteiger partial charge in [0.25, 0.3) is 0 Å². The van der Waals surface area contributed by atoms with Crippen molar-refractivity contribution in [2.75, 3.05) is 0 Å². The number of allylic oxidation sites excluding steroid dienone is 11. The SMILES string of the molecule is C\C=C/C1=C(\c2ccc3ccccc3c2)C/C=C(N)\C=C/C/C(c2ccc3ccccc3c2)=C\1C=C(C)C. The maximum absolute atomic E-state index is 6.45. The summed E-state index contributed by atoms with van der Waals surface area (Å²) in [4.78, 5) is 0. The average Bonchev–Trinajstić information content (AvgIpc) is 2.93. The molecule has 0 bridgehead atoms. The first kappa shape index (κ1) is 25.3. The van der Waals surface area contributed by atoms with Crippen molar-refractivity contribution in [3.63, 3.8) is 0 Å². The Hall–Kier alpha value is -4.36. The highest BCUT2D eigenvalue weighted by molar-refractivity contribution is 5.92. The molecule has 0 saturated carbocycles. The van der Waals surface area contributed by atoms with Crippen LogP contribution in [-0.2, 0) is 0 Å². The van der Waals surface area contributed by atoms with Crippen LogP contribution in [0.25, 0.3) is 32.7 Å². The van der Waals surface area contributed by atoms with Gasteiger partial charge in [0, 0.05) is 5.70 Å². The molecule has 0 radical (unpaired) electrons. The molecule has 5 rings (SSSR count). The Morgan fingerprint density at radius 2 is 1.24 bits per heavy atom. The molecule has 1 aliphatic carbocycles. The van der Waals surface area contributed by atoms with Crippen LogP contribution >= 0.6 is 0 Å². The van der Waals surface area contributed by atoms with E-state index in [4.69, 9.17) is 5.73 Å². The van der Waals surface area contributed by atoms with Crippen LogP contribution in [0.2, 0.25) is 0 Å². The number of hydrogen-bond donors (Lipinski definition) is 1. The van der Waals surface area contributed by atoms with Gasteiger partial charge in [-0.25, -0.2) is 0 Å². The molecule has 4 aromatic rings. The molecule has 0 aromatic heterocycles. The molecule has 4 aromatic carbocycles. The van der Waals surface area contributed by atoms with Gasteiger partial charge in [0.2, 0.25) is 0 Å². The Kier molecular flexibility index (Phi) is 7.56. The van der Waals surface area contributed by atoms with Gasteiger partial charge in [-0.2, -0.15) is 0 Å². The van der Waals surface area contributed by atoms with Crippen LogP contribution in [0.15, 0.2) is 144 Å². The molecular weight excluding hydrogens is 458 g/mol. The second-order valence-corrected chi connectivity index (χ2v) is 10.1. The van der Waals surface area contributed by atoms with Gasteiger partial charge in [-0.3, -0.25) is 0 Å². The number of nitrogens with two attached hydrogens (primary N) is 1. The van der Waals surface area contributed by atoms with Crippen LogP contribution in [0.3, 0.4) is 0 Å². The fourth-order valence-electron chi connectivity index (χ4n) is 5.26. The van der Waals surface area contributed by atoms with Gasteiger partial charge in [-0.05, 0) is 107 Å². The molecule has 0 saturated heterocycles. The van der Waals surface area contributed by atoms with Crippen molar-refractivity contribution in [2.45, 2.75) is 33.6 Å². The summed E-state index contributed by atoms with van der Waals surface area (Å²) < 4.78 is 0. The third-order valence-corrected chi connectivity index (χ3v) is 7.08. The zero-order valence-electron chi connectivity index (χ0n) is 22.5. The number of hydrogen-bond acceptors (Lipinski definition) is 1. The van der Waals surface area contributed by atoms with E-state index in [9.17, 15) is 0 Å². The fourth-order valence-corrected chi connectivity index (χ4v) is 5.26. The van der Waals surface area contributed by atoms with E-state index in [1.165, 1.54) is 60.5 Å². The normalized spacial score (nSPS) is 20.9. The van der Waals surface area contributed by atoms with Gasteiger partial charge >= 0.3 is 0 Å². The topological polar surface area (TPSA) is 26.0 Å². The van der Waals surface area contributed by atoms with Crippen LogP contribution in [0.4, 0.5) is 0 Å². The van der Waals surface area contributed by atoms with Crippen LogP contribution in [0, 0.1) is 0 Å². The number of rotatable bonds is 4. The lowest BCUT2D eigenvalue weighted by Gasteiger charge is -2.20. The molecule has 188 valence electrons. The molecule has 38 heavy (non-hydrogen) atoms. The van der Waals surface area contributed by atoms with Crippen molar-refractivity contribution in [2.24, 2.45) is 5.73 Å². The van der Waals surface area contributed by atoms with E-state index in [1.807, 2.05) is 0 Å². The van der Waals surface area contributed by atoms with E-state index in [1.54, 1.807) is 0 Å². The highest BCUT2D eigenvalue weighted by Gasteiger charge is 2.17. The van der Waals surface area contributed by atoms with Gasteiger partial charge in [-0.1, -0.05) is 109 Å². The van der Waals surface area contributed by atoms with Crippen LogP contribution in [0.5, 0.6) is 0 Å². The third-order valence-electron chi connectivity index (χ3n) is 7.08. The second-order valence-electron chi connectivity index (χ2n) is 10.1. The summed E-state index contributed by atoms with van der Waals surface area (Å²) in [5.41, 5.74) is 16.1. The molecule has 0 heterocycles. The predicted molar refractivity (Wildman–Crippen MR) is 167 cm³/mol. The highest BCUT2D eigenvalue weighted by atomic mass is 14.5. The number of fused-ring (bicyclic) bond motifs is 2. The molecule has 0 amide bonds. The molecule has 0 unspecified atom stereocenters. The van der Waals surface area contributed by atoms with Crippen molar-refractivity contribution < 1.29 is 0 Å². The van der Waals surface area contributed by atoms with Gasteiger partial charge < -0.3 is 5.73 Å². The molecule has 0 aliphatic heterocycles. The minimum absolute atomic E-state index is 0.749. The Labute approximate surface area is 226 Å². The van der Waals surface area contributed by atoms with Crippen molar-refractivity contribution in [1.29, 1.82) is 0 Å². The average molecular weight is 494 g/mol. The standard InChI is InChI=1S/C37H35N/c1-4-10-36-35(32-20-18-28-12-6-8-14-30(28)25-32)22-21-33(38)15-9-16-34(37(36)23-26(2)3)31-19-17-27-11-5-7-13-29(27)24-31/h4-15,17-21,23-25H,16,22,38H2,1-3H3/b10-4-,15-9-,33-21+,36-35+,37-34+. The van der Waals surface area contributed by atoms with Gasteiger partial charge in [0.1, 0.15) is 0 Å². The predicted octanol–water partition coefficient (Wildman–Crippen LogP) is 9.94. The molecule has 0 spiro atoms. The van der Waals surface area contributed by atoms with E-state index in [0.29, 0.717) is 0 Å². The molecule has 1 nitrogen and oxygen atoms in total. The molecule has 1 heteroatoms. The largest absolute Gasteiger partial charge is 0.399 e. The van der Waals surface area contributed by atoms with Crippen LogP contribution in [0.1, 0.15) is 44.7 Å². The first-order chi connectivity index (χ1) is 18.5. The lowest BCUT2D eigenvalue weighted by Crippen LogP contribution is -2.01. The summed E-state index contributed by atoms with van der Waals surface area (Å²) in [5, 5.41) is 5.00. The number of benzene rings is 4. The van der Waals surface area contributed by atoms with Gasteiger partial charge in [0.15, 0.2) is 0 Å². The van der Waals surface area contributed by atoms with Crippen molar-refractivity contribution in [3.05, 3.63) is 155 Å². The molecule has 0 fully saturated rings. The van der Waals surface area contributed by atoms with Crippen LogP contribution < -0.4 is 5.73 Å². The lowest BCUT2D eigenvalue weighted by molar-refractivity contribution is 1.25. The molecule has 1 aliphatic rings. The zero-order chi connectivity index (χ0) is 26.5. The van der Waals surface area contributed by atoms with E-state index < -0.39 is 0 Å². The fraction of sp³-hybridized carbons (Fsp3) is 0.135. The first-order valence-electron chi connectivity index (χ1n) is 13.4. The summed E-state index contributed by atoms with van der Waals surface area (Å²) >= 11 is 0. The van der Waals surface area contributed by atoms with E-state index >= 15 is 0 Å². The molecule has 0 atom stereocenters. The third kappa shape index (κ3) is 5.48. The quantitative estimate of drug-likeness (QED) is 0.301. The summed E-state index contributed by atoms with van der Waals surface area (Å²) in [6.07, 6.45) is 14.7. The summed E-state index contributed by atoms with van der Waals surface area (Å²) in [7, 11) is 0. The van der Waals surface area contributed by atoms with E-state index in [-0.39, 0.29) is 0 Å². The summed E-state index contributed by atoms with van der Waals surface area (Å²) in [6.45, 7) is 6.46. The van der Waals surface area contributed by atoms with Crippen molar-refractivity contribution in [1.82, 2.24) is 0 Å². The maximum Gasteiger partial charge on any atom is 0.0273 e. The Bertz CT molecular complexity index is 1680. The summed E-state index contributed by atoms with van der Waals surface area (Å²) in [6, 6.07) is 30.8. The Balaban J connectivity index is 1.85. The first-order valence-corrected chi connectivity index (χ1v) is 13.4. The van der Waals surface area contributed by atoms with Gasteiger partial charge in [-0.15, -0.1) is 0 Å². The monoisotopic (exact) mass is 493 g/mol. The van der Waals surface area contributed by atoms with E-state index in [0.717, 1.165) is 18.5 Å².